The van der Waals surface area contributed by atoms with Crippen LogP contribution in [0, 0.1) is 6.92 Å². The Balaban J connectivity index is 2.21. The third-order valence-corrected chi connectivity index (χ3v) is 2.30. The van der Waals surface area contributed by atoms with Gasteiger partial charge in [-0.05, 0) is 24.6 Å². The monoisotopic (exact) mass is 228 g/mol. The molecule has 0 spiro atoms. The van der Waals surface area contributed by atoms with Crippen molar-refractivity contribution in [3.63, 3.8) is 0 Å². The van der Waals surface area contributed by atoms with Gasteiger partial charge in [-0.3, -0.25) is 9.78 Å². The van der Waals surface area contributed by atoms with Crippen LogP contribution >= 0.6 is 0 Å². The van der Waals surface area contributed by atoms with E-state index < -0.39 is 18.1 Å². The molecule has 1 aliphatic heterocycles. The molecule has 6 heteroatoms. The highest BCUT2D eigenvalue weighted by molar-refractivity contribution is 5.82. The second kappa shape index (κ2) is 3.79. The topological polar surface area (TPSA) is 51.2 Å². The summed E-state index contributed by atoms with van der Waals surface area (Å²) in [6.45, 7) is 1.79. The molecular weight excluding hydrogens is 218 g/mol. The molecule has 1 N–H and O–H groups in total. The Morgan fingerprint density at radius 2 is 2.38 bits per heavy atom. The van der Waals surface area contributed by atoms with E-state index in [4.69, 9.17) is 0 Å². The van der Waals surface area contributed by atoms with Crippen molar-refractivity contribution in [1.29, 1.82) is 0 Å². The molecule has 2 rings (SSSR count). The van der Waals surface area contributed by atoms with Gasteiger partial charge in [0.15, 0.2) is 0 Å². The molecular formula is C10H10F2N2O2. The first-order chi connectivity index (χ1) is 7.49. The molecule has 1 unspecified atom stereocenters. The number of ether oxygens (including phenoxy) is 1. The summed E-state index contributed by atoms with van der Waals surface area (Å²) in [6.07, 6.45) is -3.09. The van der Waals surface area contributed by atoms with Crippen molar-refractivity contribution >= 4 is 5.91 Å². The highest BCUT2D eigenvalue weighted by Crippen LogP contribution is 2.29. The van der Waals surface area contributed by atoms with Gasteiger partial charge in [0.05, 0.1) is 0 Å². The van der Waals surface area contributed by atoms with Crippen LogP contribution in [0.1, 0.15) is 17.4 Å². The number of hydrogen-bond acceptors (Lipinski definition) is 3. The minimum Gasteiger partial charge on any atom is -0.346 e. The summed E-state index contributed by atoms with van der Waals surface area (Å²) in [5.41, 5.74) is 1.29. The average Bonchev–Trinajstić information content (AvgIpc) is 2.22. The molecule has 1 amide bonds. The number of carbonyl (C=O) groups excluding carboxylic acids is 1. The summed E-state index contributed by atoms with van der Waals surface area (Å²) in [5, 5.41) is 2.11. The number of morpholine rings is 1. The number of aromatic nitrogens is 1. The molecule has 2 heterocycles. The number of nitrogens with one attached hydrogen (secondary N) is 1. The van der Waals surface area contributed by atoms with E-state index in [0.29, 0.717) is 11.3 Å². The standard InChI is InChI=1S/C10H10F2N2O2/c1-6-4-7(2-3-13-6)8-5-14-9(15)10(11,12)16-8/h2-4,8H,5H2,1H3,(H,14,15). The fraction of sp³-hybridized carbons (Fsp3) is 0.400. The zero-order chi connectivity index (χ0) is 11.8. The number of carbonyl (C=O) groups is 1. The van der Waals surface area contributed by atoms with Gasteiger partial charge >= 0.3 is 12.0 Å². The van der Waals surface area contributed by atoms with Crippen LogP contribution in [0.15, 0.2) is 18.3 Å². The molecule has 16 heavy (non-hydrogen) atoms. The lowest BCUT2D eigenvalue weighted by atomic mass is 10.1. The molecule has 1 aliphatic rings. The maximum absolute atomic E-state index is 13.0. The fourth-order valence-corrected chi connectivity index (χ4v) is 1.52. The van der Waals surface area contributed by atoms with Crippen LogP contribution in [0.3, 0.4) is 0 Å². The average molecular weight is 228 g/mol. The van der Waals surface area contributed by atoms with Gasteiger partial charge in [-0.25, -0.2) is 0 Å². The summed E-state index contributed by atoms with van der Waals surface area (Å²) >= 11 is 0. The zero-order valence-corrected chi connectivity index (χ0v) is 8.54. The molecule has 0 saturated carbocycles. The largest absolute Gasteiger partial charge is 0.437 e. The molecule has 0 aromatic carbocycles. The normalized spacial score (nSPS) is 23.9. The first-order valence-electron chi connectivity index (χ1n) is 4.75. The lowest BCUT2D eigenvalue weighted by molar-refractivity contribution is -0.262. The molecule has 1 saturated heterocycles. The van der Waals surface area contributed by atoms with E-state index in [9.17, 15) is 13.6 Å². The molecule has 1 fully saturated rings. The van der Waals surface area contributed by atoms with Gasteiger partial charge in [-0.1, -0.05) is 0 Å². The molecule has 0 aliphatic carbocycles. The van der Waals surface area contributed by atoms with E-state index in [1.165, 1.54) is 6.20 Å². The van der Waals surface area contributed by atoms with Crippen LogP contribution in [0.4, 0.5) is 8.78 Å². The summed E-state index contributed by atoms with van der Waals surface area (Å²) in [6, 6.07) is 3.24. The van der Waals surface area contributed by atoms with Gasteiger partial charge in [-0.2, -0.15) is 8.78 Å². The summed E-state index contributed by atoms with van der Waals surface area (Å²) in [4.78, 5) is 14.7. The minimum atomic E-state index is -3.76. The fourth-order valence-electron chi connectivity index (χ4n) is 1.52. The summed E-state index contributed by atoms with van der Waals surface area (Å²) in [7, 11) is 0. The number of rotatable bonds is 1. The Morgan fingerprint density at radius 1 is 1.62 bits per heavy atom. The first-order valence-corrected chi connectivity index (χ1v) is 4.75. The maximum Gasteiger partial charge on any atom is 0.437 e. The Morgan fingerprint density at radius 3 is 3.00 bits per heavy atom. The van der Waals surface area contributed by atoms with Crippen molar-refractivity contribution < 1.29 is 18.3 Å². The van der Waals surface area contributed by atoms with Gasteiger partial charge in [0, 0.05) is 18.4 Å². The number of pyridine rings is 1. The van der Waals surface area contributed by atoms with Gasteiger partial charge in [0.25, 0.3) is 0 Å². The minimum absolute atomic E-state index is 0.0396. The van der Waals surface area contributed by atoms with E-state index in [1.54, 1.807) is 19.1 Å². The molecule has 1 aromatic rings. The van der Waals surface area contributed by atoms with Gasteiger partial charge in [-0.15, -0.1) is 0 Å². The highest BCUT2D eigenvalue weighted by Gasteiger charge is 2.46. The van der Waals surface area contributed by atoms with Crippen LogP contribution in [0.2, 0.25) is 0 Å². The molecule has 1 aromatic heterocycles. The van der Waals surface area contributed by atoms with E-state index in [1.807, 2.05) is 0 Å². The predicted octanol–water partition coefficient (Wildman–Crippen LogP) is 1.17. The van der Waals surface area contributed by atoms with Crippen LogP contribution in [0.5, 0.6) is 0 Å². The molecule has 86 valence electrons. The van der Waals surface area contributed by atoms with Crippen molar-refractivity contribution in [3.8, 4) is 0 Å². The lowest BCUT2D eigenvalue weighted by Gasteiger charge is -2.29. The second-order valence-electron chi connectivity index (χ2n) is 3.56. The summed E-state index contributed by atoms with van der Waals surface area (Å²) in [5.74, 6) is -1.39. The molecule has 0 radical (unpaired) electrons. The van der Waals surface area contributed by atoms with Crippen LogP contribution in [-0.2, 0) is 9.53 Å². The maximum atomic E-state index is 13.0. The van der Waals surface area contributed by atoms with Crippen molar-refractivity contribution in [2.75, 3.05) is 6.54 Å². The molecule has 0 bridgehead atoms. The van der Waals surface area contributed by atoms with Crippen LogP contribution < -0.4 is 5.32 Å². The third-order valence-electron chi connectivity index (χ3n) is 2.30. The Hall–Kier alpha value is -1.56. The predicted molar refractivity (Wildman–Crippen MR) is 50.8 cm³/mol. The zero-order valence-electron chi connectivity index (χ0n) is 8.54. The van der Waals surface area contributed by atoms with Crippen molar-refractivity contribution in [2.24, 2.45) is 0 Å². The van der Waals surface area contributed by atoms with Gasteiger partial charge in [0.1, 0.15) is 6.10 Å². The van der Waals surface area contributed by atoms with Crippen molar-refractivity contribution in [2.45, 2.75) is 19.1 Å². The first kappa shape index (κ1) is 10.9. The van der Waals surface area contributed by atoms with E-state index in [0.717, 1.165) is 0 Å². The summed E-state index contributed by atoms with van der Waals surface area (Å²) < 4.78 is 30.4. The third kappa shape index (κ3) is 2.01. The lowest BCUT2D eigenvalue weighted by Crippen LogP contribution is -2.50. The Labute approximate surface area is 90.6 Å². The Bertz CT molecular complexity index is 423. The van der Waals surface area contributed by atoms with Crippen molar-refractivity contribution in [1.82, 2.24) is 10.3 Å². The number of nitrogens with zero attached hydrogens (tertiary/aromatic N) is 1. The second-order valence-corrected chi connectivity index (χ2v) is 3.56. The number of amides is 1. The Kier molecular flexibility index (Phi) is 2.59. The van der Waals surface area contributed by atoms with E-state index >= 15 is 0 Å². The highest BCUT2D eigenvalue weighted by atomic mass is 19.3. The van der Waals surface area contributed by atoms with Gasteiger partial charge < -0.3 is 10.1 Å². The van der Waals surface area contributed by atoms with Crippen molar-refractivity contribution in [3.05, 3.63) is 29.6 Å². The van der Waals surface area contributed by atoms with E-state index in [2.05, 4.69) is 15.0 Å². The van der Waals surface area contributed by atoms with E-state index in [-0.39, 0.29) is 6.54 Å². The smallest absolute Gasteiger partial charge is 0.346 e. The molecule has 4 nitrogen and oxygen atoms in total. The van der Waals surface area contributed by atoms with Gasteiger partial charge in [0.2, 0.25) is 0 Å². The van der Waals surface area contributed by atoms with Crippen LogP contribution in [0.25, 0.3) is 0 Å². The SMILES string of the molecule is Cc1cc(C2CNC(=O)C(F)(F)O2)ccn1. The number of aryl methyl sites for hydroxylation is 1. The quantitative estimate of drug-likeness (QED) is 0.785. The number of halogens is 2. The number of hydrogen-bond donors (Lipinski definition) is 1. The molecule has 1 atom stereocenters. The number of alkyl halides is 2. The van der Waals surface area contributed by atoms with Crippen LogP contribution in [-0.4, -0.2) is 23.5 Å².